The molecule has 0 aliphatic carbocycles. The molecular weight excluding hydrogens is 548 g/mol. The van der Waals surface area contributed by atoms with E-state index in [-0.39, 0.29) is 17.9 Å². The zero-order valence-electron chi connectivity index (χ0n) is 22.5. The number of rotatable bonds is 8. The summed E-state index contributed by atoms with van der Waals surface area (Å²) in [5.74, 6) is 0.306. The Hall–Kier alpha value is -2.00. The largest absolute Gasteiger partial charge is 0.416 e. The molecule has 2 unspecified atom stereocenters. The summed E-state index contributed by atoms with van der Waals surface area (Å²) in [4.78, 5) is 20.0. The highest BCUT2D eigenvalue weighted by Gasteiger charge is 2.35. The van der Waals surface area contributed by atoms with Gasteiger partial charge in [-0.2, -0.15) is 13.2 Å². The molecule has 2 aliphatic heterocycles. The minimum Gasteiger partial charge on any atom is -0.368 e. The van der Waals surface area contributed by atoms with Gasteiger partial charge in [0.05, 0.1) is 11.6 Å². The summed E-state index contributed by atoms with van der Waals surface area (Å²) in [5, 5.41) is 1.11. The molecule has 2 aromatic carbocycles. The summed E-state index contributed by atoms with van der Waals surface area (Å²) < 4.78 is 40.5. The van der Waals surface area contributed by atoms with E-state index in [9.17, 15) is 18.0 Å². The highest BCUT2D eigenvalue weighted by Crippen LogP contribution is 2.37. The Labute approximate surface area is 239 Å². The van der Waals surface area contributed by atoms with Gasteiger partial charge < -0.3 is 15.5 Å². The number of hydrogen-bond acceptors (Lipinski definition) is 4. The van der Waals surface area contributed by atoms with Crippen molar-refractivity contribution in [3.05, 3.63) is 63.1 Å². The molecule has 5 nitrogen and oxygen atoms in total. The van der Waals surface area contributed by atoms with Crippen LogP contribution in [0.1, 0.15) is 55.8 Å². The molecule has 2 atom stereocenters. The molecule has 0 saturated carbocycles. The zero-order valence-corrected chi connectivity index (χ0v) is 24.0. The quantitative estimate of drug-likeness (QED) is 0.389. The van der Waals surface area contributed by atoms with Gasteiger partial charge in [0, 0.05) is 48.0 Å². The predicted molar refractivity (Wildman–Crippen MR) is 151 cm³/mol. The molecule has 39 heavy (non-hydrogen) atoms. The molecule has 0 spiro atoms. The second-order valence-corrected chi connectivity index (χ2v) is 11.9. The van der Waals surface area contributed by atoms with Crippen LogP contribution in [0, 0.1) is 5.92 Å². The van der Waals surface area contributed by atoms with Crippen molar-refractivity contribution in [2.24, 2.45) is 11.7 Å². The molecule has 2 aliphatic rings. The number of halogens is 5. The standard InChI is InChI=1S/C29H37Cl2F3N4O/c1-19(2)15-25(35)23-17-21(29(32,33)34)6-8-26(23)37-11-13-38(14-12-37)28(39)27(36-9-3-4-10-36)16-20-5-7-22(30)18-24(20)31/h5-8,17-19,25,27H,3-4,9-16,35H2,1-2H3. The van der Waals surface area contributed by atoms with E-state index in [1.54, 1.807) is 12.1 Å². The average Bonchev–Trinajstić information content (AvgIpc) is 3.41. The Bertz CT molecular complexity index is 1150. The number of alkyl halides is 3. The third-order valence-corrected chi connectivity index (χ3v) is 8.29. The Morgan fingerprint density at radius 2 is 1.64 bits per heavy atom. The summed E-state index contributed by atoms with van der Waals surface area (Å²) in [7, 11) is 0. The number of benzene rings is 2. The van der Waals surface area contributed by atoms with Crippen molar-refractivity contribution in [1.82, 2.24) is 9.80 Å². The molecule has 2 N–H and O–H groups in total. The first-order chi connectivity index (χ1) is 18.4. The number of hydrogen-bond donors (Lipinski definition) is 1. The van der Waals surface area contributed by atoms with Crippen molar-refractivity contribution in [3.63, 3.8) is 0 Å². The second-order valence-electron chi connectivity index (χ2n) is 11.0. The van der Waals surface area contributed by atoms with Gasteiger partial charge in [0.2, 0.25) is 5.91 Å². The first kappa shape index (κ1) is 30.0. The summed E-state index contributed by atoms with van der Waals surface area (Å²) in [6, 6.07) is 8.39. The van der Waals surface area contributed by atoms with E-state index in [1.165, 1.54) is 12.1 Å². The van der Waals surface area contributed by atoms with Crippen molar-refractivity contribution < 1.29 is 18.0 Å². The van der Waals surface area contributed by atoms with Crippen LogP contribution in [-0.2, 0) is 17.4 Å². The highest BCUT2D eigenvalue weighted by atomic mass is 35.5. The molecule has 2 fully saturated rings. The maximum Gasteiger partial charge on any atom is 0.416 e. The molecule has 0 aromatic heterocycles. The zero-order chi connectivity index (χ0) is 28.3. The third-order valence-electron chi connectivity index (χ3n) is 7.71. The van der Waals surface area contributed by atoms with Crippen LogP contribution >= 0.6 is 23.2 Å². The second kappa shape index (κ2) is 12.7. The highest BCUT2D eigenvalue weighted by molar-refractivity contribution is 6.35. The number of carbonyl (C=O) groups excluding carboxylic acids is 1. The van der Waals surface area contributed by atoms with Crippen LogP contribution in [0.15, 0.2) is 36.4 Å². The van der Waals surface area contributed by atoms with Gasteiger partial charge in [-0.05, 0) is 86.1 Å². The van der Waals surface area contributed by atoms with Crippen molar-refractivity contribution in [2.45, 2.75) is 57.8 Å². The van der Waals surface area contributed by atoms with Crippen molar-refractivity contribution in [2.75, 3.05) is 44.2 Å². The van der Waals surface area contributed by atoms with Gasteiger partial charge in [-0.15, -0.1) is 0 Å². The smallest absolute Gasteiger partial charge is 0.368 e. The molecule has 1 amide bonds. The van der Waals surface area contributed by atoms with Crippen LogP contribution in [-0.4, -0.2) is 61.0 Å². The van der Waals surface area contributed by atoms with Crippen molar-refractivity contribution in [3.8, 4) is 0 Å². The number of nitrogens with zero attached hydrogens (tertiary/aromatic N) is 3. The monoisotopic (exact) mass is 584 g/mol. The lowest BCUT2D eigenvalue weighted by Crippen LogP contribution is -2.55. The molecule has 10 heteroatoms. The average molecular weight is 586 g/mol. The van der Waals surface area contributed by atoms with E-state index in [0.717, 1.165) is 37.6 Å². The van der Waals surface area contributed by atoms with Crippen molar-refractivity contribution >= 4 is 34.8 Å². The maximum absolute atomic E-state index is 13.8. The predicted octanol–water partition coefficient (Wildman–Crippen LogP) is 6.41. The Kier molecular flexibility index (Phi) is 9.74. The molecule has 214 valence electrons. The first-order valence-electron chi connectivity index (χ1n) is 13.6. The summed E-state index contributed by atoms with van der Waals surface area (Å²) in [6.07, 6.45) is -1.24. The van der Waals surface area contributed by atoms with Gasteiger partial charge in [-0.1, -0.05) is 43.1 Å². The lowest BCUT2D eigenvalue weighted by molar-refractivity contribution is -0.138. The van der Waals surface area contributed by atoms with E-state index in [2.05, 4.69) is 9.80 Å². The Balaban J connectivity index is 1.50. The summed E-state index contributed by atoms with van der Waals surface area (Å²) in [6.45, 7) is 7.75. The van der Waals surface area contributed by atoms with Gasteiger partial charge in [0.1, 0.15) is 0 Å². The number of nitrogens with two attached hydrogens (primary N) is 1. The van der Waals surface area contributed by atoms with Crippen LogP contribution in [0.4, 0.5) is 18.9 Å². The molecular formula is C29H37Cl2F3N4O. The number of likely N-dealkylation sites (tertiary alicyclic amines) is 1. The molecule has 2 heterocycles. The normalized spacial score (nSPS) is 18.6. The number of anilines is 1. The van der Waals surface area contributed by atoms with Crippen LogP contribution in [0.3, 0.4) is 0 Å². The first-order valence-corrected chi connectivity index (χ1v) is 14.4. The molecule has 2 saturated heterocycles. The van der Waals surface area contributed by atoms with Crippen LogP contribution in [0.25, 0.3) is 0 Å². The fourth-order valence-electron chi connectivity index (χ4n) is 5.65. The van der Waals surface area contributed by atoms with Crippen LogP contribution < -0.4 is 10.6 Å². The van der Waals surface area contributed by atoms with Gasteiger partial charge >= 0.3 is 6.18 Å². The Morgan fingerprint density at radius 1 is 0.974 bits per heavy atom. The van der Waals surface area contributed by atoms with E-state index < -0.39 is 17.8 Å². The fraction of sp³-hybridized carbons (Fsp3) is 0.552. The molecule has 0 bridgehead atoms. The lowest BCUT2D eigenvalue weighted by atomic mass is 9.94. The summed E-state index contributed by atoms with van der Waals surface area (Å²) >= 11 is 12.5. The van der Waals surface area contributed by atoms with Gasteiger partial charge in [0.25, 0.3) is 0 Å². The number of amides is 1. The fourth-order valence-corrected chi connectivity index (χ4v) is 6.14. The third kappa shape index (κ3) is 7.40. The molecule has 0 radical (unpaired) electrons. The number of carbonyl (C=O) groups is 1. The molecule has 2 aromatic rings. The SMILES string of the molecule is CC(C)CC(N)c1cc(C(F)(F)F)ccc1N1CCN(C(=O)C(Cc2ccc(Cl)cc2Cl)N2CCCC2)CC1. The van der Waals surface area contributed by atoms with Gasteiger partial charge in [-0.3, -0.25) is 9.69 Å². The minimum atomic E-state index is -4.44. The number of piperazine rings is 1. The Morgan fingerprint density at radius 3 is 2.23 bits per heavy atom. The van der Waals surface area contributed by atoms with Crippen LogP contribution in [0.2, 0.25) is 10.0 Å². The van der Waals surface area contributed by atoms with Gasteiger partial charge in [-0.25, -0.2) is 0 Å². The topological polar surface area (TPSA) is 52.8 Å². The minimum absolute atomic E-state index is 0.0618. The van der Waals surface area contributed by atoms with E-state index >= 15 is 0 Å². The maximum atomic E-state index is 13.8. The lowest BCUT2D eigenvalue weighted by Gasteiger charge is -2.40. The van der Waals surface area contributed by atoms with E-state index in [0.29, 0.717) is 60.3 Å². The van der Waals surface area contributed by atoms with E-state index in [4.69, 9.17) is 28.9 Å². The molecule has 4 rings (SSSR count). The summed E-state index contributed by atoms with van der Waals surface area (Å²) in [5.41, 5.74) is 7.83. The van der Waals surface area contributed by atoms with Crippen molar-refractivity contribution in [1.29, 1.82) is 0 Å². The van der Waals surface area contributed by atoms with E-state index in [1.807, 2.05) is 24.8 Å². The van der Waals surface area contributed by atoms with Crippen LogP contribution in [0.5, 0.6) is 0 Å². The van der Waals surface area contributed by atoms with Gasteiger partial charge in [0.15, 0.2) is 0 Å².